The standard InChI is InChI=1S/C25H28N4O4S/c30-22(17-21-24(32)28-25(34-21)29-14-5-2-6-15-29)27-19-11-9-18(10-12-19)23(31)26-13-16-33-20-7-3-1-4-8-20/h1,3-4,7-12,21H,2,5-6,13-17H2,(H,26,31)(H,27,30). The largest absolute Gasteiger partial charge is 0.492 e. The van der Waals surface area contributed by atoms with Crippen LogP contribution in [0, 0.1) is 0 Å². The molecule has 2 aromatic rings. The molecule has 0 radical (unpaired) electrons. The zero-order valence-corrected chi connectivity index (χ0v) is 19.7. The smallest absolute Gasteiger partial charge is 0.262 e. The number of ether oxygens (including phenoxy) is 1. The number of amidine groups is 1. The van der Waals surface area contributed by atoms with Gasteiger partial charge in [-0.3, -0.25) is 14.4 Å². The van der Waals surface area contributed by atoms with Crippen LogP contribution in [0.15, 0.2) is 59.6 Å². The molecule has 2 aliphatic rings. The number of hydrogen-bond acceptors (Lipinski definition) is 6. The van der Waals surface area contributed by atoms with Gasteiger partial charge in [0, 0.05) is 30.8 Å². The molecule has 2 heterocycles. The van der Waals surface area contributed by atoms with Crippen molar-refractivity contribution in [2.24, 2.45) is 4.99 Å². The molecule has 0 spiro atoms. The van der Waals surface area contributed by atoms with Gasteiger partial charge in [-0.25, -0.2) is 0 Å². The van der Waals surface area contributed by atoms with E-state index in [1.807, 2.05) is 30.3 Å². The maximum atomic E-state index is 12.5. The second-order valence-corrected chi connectivity index (χ2v) is 9.30. The number of benzene rings is 2. The van der Waals surface area contributed by atoms with Crippen molar-refractivity contribution in [1.82, 2.24) is 10.2 Å². The second kappa shape index (κ2) is 11.7. The van der Waals surface area contributed by atoms with Crippen molar-refractivity contribution < 1.29 is 19.1 Å². The lowest BCUT2D eigenvalue weighted by Gasteiger charge is -2.27. The number of rotatable bonds is 8. The maximum Gasteiger partial charge on any atom is 0.262 e. The number of likely N-dealkylation sites (tertiary alicyclic amines) is 1. The quantitative estimate of drug-likeness (QED) is 0.563. The molecule has 2 N–H and O–H groups in total. The third-order valence-electron chi connectivity index (χ3n) is 5.56. The molecule has 34 heavy (non-hydrogen) atoms. The number of carbonyl (C=O) groups is 3. The van der Waals surface area contributed by atoms with Crippen molar-refractivity contribution >= 4 is 40.3 Å². The molecule has 1 atom stereocenters. The first-order chi connectivity index (χ1) is 16.6. The van der Waals surface area contributed by atoms with Crippen LogP contribution in [0.25, 0.3) is 0 Å². The Labute approximate surface area is 203 Å². The molecule has 9 heteroatoms. The number of amides is 3. The Morgan fingerprint density at radius 1 is 1.03 bits per heavy atom. The molecule has 4 rings (SSSR count). The van der Waals surface area contributed by atoms with E-state index in [2.05, 4.69) is 20.5 Å². The molecule has 0 bridgehead atoms. The number of hydrogen-bond donors (Lipinski definition) is 2. The predicted octanol–water partition coefficient (Wildman–Crippen LogP) is 3.31. The Balaban J connectivity index is 1.19. The van der Waals surface area contributed by atoms with Gasteiger partial charge in [-0.2, -0.15) is 4.99 Å². The second-order valence-electron chi connectivity index (χ2n) is 8.13. The summed E-state index contributed by atoms with van der Waals surface area (Å²) in [6.07, 6.45) is 3.48. The summed E-state index contributed by atoms with van der Waals surface area (Å²) in [5.41, 5.74) is 1.06. The van der Waals surface area contributed by atoms with Crippen LogP contribution in [0.1, 0.15) is 36.0 Å². The van der Waals surface area contributed by atoms with Crippen molar-refractivity contribution in [3.05, 3.63) is 60.2 Å². The molecule has 0 aliphatic carbocycles. The topological polar surface area (TPSA) is 100 Å². The van der Waals surface area contributed by atoms with Crippen molar-refractivity contribution in [2.45, 2.75) is 30.9 Å². The highest BCUT2D eigenvalue weighted by atomic mass is 32.2. The molecule has 3 amide bonds. The zero-order valence-electron chi connectivity index (χ0n) is 18.9. The van der Waals surface area contributed by atoms with Crippen LogP contribution in [0.5, 0.6) is 5.75 Å². The van der Waals surface area contributed by atoms with E-state index in [0.717, 1.165) is 36.8 Å². The summed E-state index contributed by atoms with van der Waals surface area (Å²) in [7, 11) is 0. The van der Waals surface area contributed by atoms with Crippen LogP contribution in [0.3, 0.4) is 0 Å². The van der Waals surface area contributed by atoms with Gasteiger partial charge in [0.25, 0.3) is 11.8 Å². The molecular weight excluding hydrogens is 452 g/mol. The molecule has 2 aromatic carbocycles. The molecule has 1 fully saturated rings. The predicted molar refractivity (Wildman–Crippen MR) is 133 cm³/mol. The minimum Gasteiger partial charge on any atom is -0.492 e. The Bertz CT molecular complexity index is 1040. The van der Waals surface area contributed by atoms with Gasteiger partial charge in [0.15, 0.2) is 5.17 Å². The van der Waals surface area contributed by atoms with Crippen LogP contribution >= 0.6 is 11.8 Å². The average Bonchev–Trinajstić information content (AvgIpc) is 3.23. The highest BCUT2D eigenvalue weighted by Gasteiger charge is 2.33. The van der Waals surface area contributed by atoms with E-state index < -0.39 is 5.25 Å². The summed E-state index contributed by atoms with van der Waals surface area (Å²) < 4.78 is 5.56. The van der Waals surface area contributed by atoms with Crippen LogP contribution < -0.4 is 15.4 Å². The number of nitrogens with one attached hydrogen (secondary N) is 2. The Hall–Kier alpha value is -3.33. The van der Waals surface area contributed by atoms with E-state index in [1.165, 1.54) is 18.2 Å². The minimum atomic E-state index is -0.486. The summed E-state index contributed by atoms with van der Waals surface area (Å²) >= 11 is 1.38. The van der Waals surface area contributed by atoms with Crippen molar-refractivity contribution in [3.63, 3.8) is 0 Å². The monoisotopic (exact) mass is 480 g/mol. The Morgan fingerprint density at radius 2 is 1.76 bits per heavy atom. The highest BCUT2D eigenvalue weighted by Crippen LogP contribution is 2.29. The summed E-state index contributed by atoms with van der Waals surface area (Å²) in [5, 5.41) is 5.86. The SMILES string of the molecule is O=C(CC1SC(N2CCCCC2)=NC1=O)Nc1ccc(C(=O)NCCOc2ccccc2)cc1. The number of anilines is 1. The fraction of sp³-hybridized carbons (Fsp3) is 0.360. The summed E-state index contributed by atoms with van der Waals surface area (Å²) in [6.45, 7) is 2.57. The number of thioether (sulfide) groups is 1. The number of para-hydroxylation sites is 1. The lowest BCUT2D eigenvalue weighted by molar-refractivity contribution is -0.121. The summed E-state index contributed by atoms with van der Waals surface area (Å²) in [6, 6.07) is 16.0. The number of carbonyl (C=O) groups excluding carboxylic acids is 3. The first-order valence-electron chi connectivity index (χ1n) is 11.5. The van der Waals surface area contributed by atoms with Gasteiger partial charge in [0.05, 0.1) is 6.54 Å². The third kappa shape index (κ3) is 6.60. The summed E-state index contributed by atoms with van der Waals surface area (Å²) in [4.78, 5) is 43.3. The van der Waals surface area contributed by atoms with E-state index in [1.54, 1.807) is 24.3 Å². The van der Waals surface area contributed by atoms with Crippen molar-refractivity contribution in [1.29, 1.82) is 0 Å². The molecule has 1 saturated heterocycles. The van der Waals surface area contributed by atoms with E-state index in [0.29, 0.717) is 24.4 Å². The van der Waals surface area contributed by atoms with Gasteiger partial charge in [0.1, 0.15) is 17.6 Å². The first-order valence-corrected chi connectivity index (χ1v) is 12.4. The normalized spacial score (nSPS) is 17.8. The molecule has 2 aliphatic heterocycles. The Morgan fingerprint density at radius 3 is 2.50 bits per heavy atom. The van der Waals surface area contributed by atoms with Crippen LogP contribution in [-0.2, 0) is 9.59 Å². The molecule has 8 nitrogen and oxygen atoms in total. The number of aliphatic imine (C=N–C) groups is 1. The van der Waals surface area contributed by atoms with Crippen LogP contribution in [-0.4, -0.2) is 59.3 Å². The van der Waals surface area contributed by atoms with E-state index >= 15 is 0 Å². The van der Waals surface area contributed by atoms with Crippen LogP contribution in [0.2, 0.25) is 0 Å². The van der Waals surface area contributed by atoms with E-state index in [-0.39, 0.29) is 24.1 Å². The molecule has 0 saturated carbocycles. The van der Waals surface area contributed by atoms with E-state index in [9.17, 15) is 14.4 Å². The van der Waals surface area contributed by atoms with Gasteiger partial charge >= 0.3 is 0 Å². The zero-order chi connectivity index (χ0) is 23.8. The highest BCUT2D eigenvalue weighted by molar-refractivity contribution is 8.15. The van der Waals surface area contributed by atoms with Gasteiger partial charge in [-0.15, -0.1) is 0 Å². The van der Waals surface area contributed by atoms with Gasteiger partial charge in [0.2, 0.25) is 5.91 Å². The lowest BCUT2D eigenvalue weighted by atomic mass is 10.1. The van der Waals surface area contributed by atoms with Gasteiger partial charge in [-0.1, -0.05) is 30.0 Å². The maximum absolute atomic E-state index is 12.5. The average molecular weight is 481 g/mol. The fourth-order valence-electron chi connectivity index (χ4n) is 3.77. The van der Waals surface area contributed by atoms with Gasteiger partial charge < -0.3 is 20.3 Å². The lowest BCUT2D eigenvalue weighted by Crippen LogP contribution is -2.33. The molecule has 178 valence electrons. The number of piperidine rings is 1. The fourth-order valence-corrected chi connectivity index (χ4v) is 4.88. The molecule has 0 aromatic heterocycles. The van der Waals surface area contributed by atoms with Crippen molar-refractivity contribution in [3.8, 4) is 5.75 Å². The van der Waals surface area contributed by atoms with E-state index in [4.69, 9.17) is 4.74 Å². The first kappa shape index (κ1) is 23.8. The third-order valence-corrected chi connectivity index (χ3v) is 6.77. The van der Waals surface area contributed by atoms with Crippen LogP contribution in [0.4, 0.5) is 5.69 Å². The van der Waals surface area contributed by atoms with Gasteiger partial charge in [-0.05, 0) is 55.7 Å². The minimum absolute atomic E-state index is 0.0635. The van der Waals surface area contributed by atoms with Crippen molar-refractivity contribution in [2.75, 3.05) is 31.6 Å². The summed E-state index contributed by atoms with van der Waals surface area (Å²) in [5.74, 6) is 0.0360. The number of nitrogens with zero attached hydrogens (tertiary/aromatic N) is 2. The molecular formula is C25H28N4O4S. The Kier molecular flexibility index (Phi) is 8.19. The molecule has 1 unspecified atom stereocenters.